The highest BCUT2D eigenvalue weighted by Gasteiger charge is 2.44. The number of alkyl halides is 3. The Bertz CT molecular complexity index is 2270. The monoisotopic (exact) mass is 855 g/mol. The fraction of sp³-hybridized carbons (Fsp3) is 0.477. The van der Waals surface area contributed by atoms with E-state index >= 15 is 17.6 Å². The third-order valence-electron chi connectivity index (χ3n) is 11.1. The molecule has 0 bridgehead atoms. The highest BCUT2D eigenvalue weighted by molar-refractivity contribution is 7.90. The number of hydrogen-bond acceptors (Lipinski definition) is 10. The SMILES string of the molecule is COc1ccc(CN(Cc2ccc(OC)cc2)c2cc(C)c(C(F)(F)F)c(C3Cc4nc(S(C)(=O)=O)nc(N5CCN(C(=O)OC(C)(C)C)C[C@@H]5C)c4CC3C)c2F)cc1. The Labute approximate surface area is 349 Å². The van der Waals surface area contributed by atoms with Gasteiger partial charge in [0.05, 0.1) is 31.2 Å². The minimum absolute atomic E-state index is 0.00276. The van der Waals surface area contributed by atoms with Gasteiger partial charge in [0.15, 0.2) is 5.82 Å². The fourth-order valence-electron chi connectivity index (χ4n) is 8.19. The lowest BCUT2D eigenvalue weighted by Crippen LogP contribution is -2.55. The van der Waals surface area contributed by atoms with Crippen molar-refractivity contribution in [2.75, 3.05) is 49.9 Å². The van der Waals surface area contributed by atoms with E-state index in [2.05, 4.69) is 9.97 Å². The smallest absolute Gasteiger partial charge is 0.417 e. The van der Waals surface area contributed by atoms with Crippen molar-refractivity contribution in [1.82, 2.24) is 14.9 Å². The summed E-state index contributed by atoms with van der Waals surface area (Å²) >= 11 is 0. The lowest BCUT2D eigenvalue weighted by atomic mass is 9.73. The summed E-state index contributed by atoms with van der Waals surface area (Å²) in [5, 5.41) is -0.474. The average Bonchev–Trinajstić information content (AvgIpc) is 3.17. The number of hydrogen-bond donors (Lipinski definition) is 0. The van der Waals surface area contributed by atoms with Crippen LogP contribution in [0.15, 0.2) is 59.8 Å². The van der Waals surface area contributed by atoms with Crippen LogP contribution in [0.2, 0.25) is 0 Å². The van der Waals surface area contributed by atoms with Crippen LogP contribution in [0.1, 0.15) is 79.6 Å². The number of rotatable bonds is 10. The van der Waals surface area contributed by atoms with E-state index in [4.69, 9.17) is 14.2 Å². The molecule has 60 heavy (non-hydrogen) atoms. The number of carbonyl (C=O) groups is 1. The van der Waals surface area contributed by atoms with Gasteiger partial charge in [-0.2, -0.15) is 13.2 Å². The van der Waals surface area contributed by atoms with Gasteiger partial charge in [-0.3, -0.25) is 0 Å². The summed E-state index contributed by atoms with van der Waals surface area (Å²) in [4.78, 5) is 27.1. The molecule has 6 rings (SSSR count). The quantitative estimate of drug-likeness (QED) is 0.114. The van der Waals surface area contributed by atoms with E-state index in [0.29, 0.717) is 22.9 Å². The van der Waals surface area contributed by atoms with Gasteiger partial charge in [0.25, 0.3) is 0 Å². The molecule has 1 amide bonds. The van der Waals surface area contributed by atoms with Gasteiger partial charge in [-0.15, -0.1) is 0 Å². The van der Waals surface area contributed by atoms with Crippen molar-refractivity contribution in [2.45, 2.75) is 96.4 Å². The molecule has 324 valence electrons. The Morgan fingerprint density at radius 2 is 1.47 bits per heavy atom. The number of nitrogens with zero attached hydrogens (tertiary/aromatic N) is 5. The molecule has 16 heteroatoms. The Morgan fingerprint density at radius 3 is 1.95 bits per heavy atom. The van der Waals surface area contributed by atoms with Crippen LogP contribution in [0.3, 0.4) is 0 Å². The first-order valence-corrected chi connectivity index (χ1v) is 21.7. The topological polar surface area (TPSA) is 114 Å². The van der Waals surface area contributed by atoms with E-state index in [1.54, 1.807) is 76.0 Å². The van der Waals surface area contributed by atoms with Crippen LogP contribution in [0, 0.1) is 18.7 Å². The third kappa shape index (κ3) is 9.74. The molecular formula is C44H53F4N5O6S. The van der Waals surface area contributed by atoms with Gasteiger partial charge in [0.1, 0.15) is 22.9 Å². The van der Waals surface area contributed by atoms with Gasteiger partial charge >= 0.3 is 12.3 Å². The van der Waals surface area contributed by atoms with E-state index < -0.39 is 61.6 Å². The molecule has 0 radical (unpaired) electrons. The molecule has 1 fully saturated rings. The van der Waals surface area contributed by atoms with Crippen molar-refractivity contribution in [3.63, 3.8) is 0 Å². The van der Waals surface area contributed by atoms with E-state index in [9.17, 15) is 13.2 Å². The largest absolute Gasteiger partial charge is 0.497 e. The molecule has 0 saturated carbocycles. The van der Waals surface area contributed by atoms with Crippen LogP contribution < -0.4 is 19.3 Å². The Kier molecular flexibility index (Phi) is 12.7. The van der Waals surface area contributed by atoms with Gasteiger partial charge in [-0.05, 0) is 106 Å². The van der Waals surface area contributed by atoms with Gasteiger partial charge in [-0.1, -0.05) is 31.2 Å². The number of fused-ring (bicyclic) bond motifs is 1. The number of benzene rings is 3. The van der Waals surface area contributed by atoms with E-state index in [-0.39, 0.29) is 68.6 Å². The molecular weight excluding hydrogens is 803 g/mol. The zero-order valence-corrected chi connectivity index (χ0v) is 36.3. The molecule has 1 aromatic heterocycles. The van der Waals surface area contributed by atoms with E-state index in [0.717, 1.165) is 17.4 Å². The Morgan fingerprint density at radius 1 is 0.900 bits per heavy atom. The van der Waals surface area contributed by atoms with Crippen molar-refractivity contribution in [3.05, 3.63) is 99.5 Å². The van der Waals surface area contributed by atoms with Crippen LogP contribution in [0.4, 0.5) is 33.9 Å². The maximum atomic E-state index is 17.6. The number of anilines is 2. The average molecular weight is 856 g/mol. The number of piperazine rings is 1. The first kappa shape index (κ1) is 44.4. The second kappa shape index (κ2) is 17.1. The summed E-state index contributed by atoms with van der Waals surface area (Å²) in [6.07, 6.45) is -4.42. The first-order chi connectivity index (χ1) is 28.1. The third-order valence-corrected chi connectivity index (χ3v) is 11.9. The van der Waals surface area contributed by atoms with Crippen molar-refractivity contribution in [3.8, 4) is 11.5 Å². The molecule has 1 aliphatic carbocycles. The summed E-state index contributed by atoms with van der Waals surface area (Å²) < 4.78 is 106. The number of methoxy groups -OCH3 is 2. The highest BCUT2D eigenvalue weighted by atomic mass is 32.2. The van der Waals surface area contributed by atoms with Crippen molar-refractivity contribution < 1.29 is 45.0 Å². The lowest BCUT2D eigenvalue weighted by Gasteiger charge is -2.42. The van der Waals surface area contributed by atoms with Crippen LogP contribution in [0.25, 0.3) is 0 Å². The Hall–Kier alpha value is -5.12. The number of halogens is 4. The van der Waals surface area contributed by atoms with Gasteiger partial charge < -0.3 is 28.9 Å². The second-order valence-corrected chi connectivity index (χ2v) is 18.8. The number of aromatic nitrogens is 2. The number of amides is 1. The summed E-state index contributed by atoms with van der Waals surface area (Å²) in [5.41, 5.74) is 0.0151. The summed E-state index contributed by atoms with van der Waals surface area (Å²) in [6.45, 7) is 11.5. The summed E-state index contributed by atoms with van der Waals surface area (Å²) in [6, 6.07) is 15.3. The molecule has 1 saturated heterocycles. The molecule has 2 unspecified atom stereocenters. The normalized spacial score (nSPS) is 18.5. The van der Waals surface area contributed by atoms with E-state index in [1.165, 1.54) is 13.0 Å². The second-order valence-electron chi connectivity index (χ2n) is 16.9. The first-order valence-electron chi connectivity index (χ1n) is 19.8. The molecule has 2 aliphatic rings. The molecule has 1 aliphatic heterocycles. The summed E-state index contributed by atoms with van der Waals surface area (Å²) in [7, 11) is -0.911. The van der Waals surface area contributed by atoms with Crippen molar-refractivity contribution in [1.29, 1.82) is 0 Å². The molecule has 11 nitrogen and oxygen atoms in total. The maximum Gasteiger partial charge on any atom is 0.417 e. The van der Waals surface area contributed by atoms with Gasteiger partial charge in [0.2, 0.25) is 15.0 Å². The minimum Gasteiger partial charge on any atom is -0.497 e. The molecule has 3 aromatic carbocycles. The van der Waals surface area contributed by atoms with Crippen LogP contribution in [-0.2, 0) is 46.7 Å². The van der Waals surface area contributed by atoms with Crippen LogP contribution in [0.5, 0.6) is 11.5 Å². The van der Waals surface area contributed by atoms with Gasteiger partial charge in [0, 0.05) is 56.1 Å². The summed E-state index contributed by atoms with van der Waals surface area (Å²) in [5.74, 6) is -1.01. The predicted octanol–water partition coefficient (Wildman–Crippen LogP) is 8.53. The molecule has 0 spiro atoms. The Balaban J connectivity index is 1.44. The molecule has 2 heterocycles. The lowest BCUT2D eigenvalue weighted by molar-refractivity contribution is -0.139. The van der Waals surface area contributed by atoms with Crippen molar-refractivity contribution >= 4 is 27.4 Å². The zero-order valence-electron chi connectivity index (χ0n) is 35.5. The standard InChI is InChI=1S/C44H53F4N5O6S/c1-26-20-34-35(49-41(60(9,55)56)50-40(34)53-19-18-51(23-28(53)3)42(54)59-43(4,5)6)22-33(26)37-38(44(46,47)48)27(2)21-36(39(37)45)52(24-29-10-14-31(57-7)15-11-29)25-30-12-16-32(58-8)17-13-30/h10-17,21,26,28,33H,18-20,22-25H2,1-9H3/t26?,28-,33?/m0/s1. The number of sulfone groups is 1. The predicted molar refractivity (Wildman–Crippen MR) is 221 cm³/mol. The van der Waals surface area contributed by atoms with Gasteiger partial charge in [-0.25, -0.2) is 27.6 Å². The minimum atomic E-state index is -4.91. The van der Waals surface area contributed by atoms with Crippen LogP contribution >= 0.6 is 0 Å². The molecule has 3 atom stereocenters. The number of aryl methyl sites for hydroxylation is 1. The molecule has 4 aromatic rings. The number of carbonyl (C=O) groups excluding carboxylic acids is 1. The molecule has 0 N–H and O–H groups in total. The van der Waals surface area contributed by atoms with Crippen LogP contribution in [-0.4, -0.2) is 81.1 Å². The zero-order chi connectivity index (χ0) is 43.9. The fourth-order valence-corrected chi connectivity index (χ4v) is 8.71. The highest BCUT2D eigenvalue weighted by Crippen LogP contribution is 2.48. The maximum absolute atomic E-state index is 17.6. The van der Waals surface area contributed by atoms with E-state index in [1.807, 2.05) is 36.1 Å². The van der Waals surface area contributed by atoms with Crippen molar-refractivity contribution in [2.24, 2.45) is 5.92 Å². The number of ether oxygens (including phenoxy) is 3.